The number of allylic oxidation sites excluding steroid dienone is 1. The first-order valence-electron chi connectivity index (χ1n) is 14.7. The summed E-state index contributed by atoms with van der Waals surface area (Å²) in [5.74, 6) is 0.862. The normalized spacial score (nSPS) is 23.0. The molecule has 0 bridgehead atoms. The zero-order valence-corrected chi connectivity index (χ0v) is 26.0. The molecule has 1 saturated heterocycles. The second-order valence-corrected chi connectivity index (χ2v) is 18.4. The number of fused-ring (bicyclic) bond motifs is 1. The lowest BCUT2D eigenvalue weighted by Gasteiger charge is -2.44. The van der Waals surface area contributed by atoms with Crippen LogP contribution >= 0.6 is 0 Å². The van der Waals surface area contributed by atoms with E-state index in [9.17, 15) is 9.59 Å². The van der Waals surface area contributed by atoms with Gasteiger partial charge in [-0.15, -0.1) is 0 Å². The predicted octanol–water partition coefficient (Wildman–Crippen LogP) is 6.10. The van der Waals surface area contributed by atoms with Crippen LogP contribution in [0.25, 0.3) is 16.6 Å². The summed E-state index contributed by atoms with van der Waals surface area (Å²) in [5.41, 5.74) is 5.04. The van der Waals surface area contributed by atoms with Crippen LogP contribution < -0.4 is 0 Å². The fourth-order valence-corrected chi connectivity index (χ4v) is 7.36. The summed E-state index contributed by atoms with van der Waals surface area (Å²) >= 11 is 0. The summed E-state index contributed by atoms with van der Waals surface area (Å²) in [6.07, 6.45) is 6.65. The number of aryl methyl sites for hydroxylation is 1. The van der Waals surface area contributed by atoms with Crippen molar-refractivity contribution in [3.63, 3.8) is 0 Å². The zero-order valence-electron chi connectivity index (χ0n) is 25.0. The quantitative estimate of drug-likeness (QED) is 0.408. The number of piperazine rings is 1. The topological polar surface area (TPSA) is 67.7 Å². The maximum Gasteiger partial charge on any atom is 0.290 e. The first kappa shape index (κ1) is 28.1. The van der Waals surface area contributed by atoms with Crippen molar-refractivity contribution in [2.24, 2.45) is 7.05 Å². The third-order valence-corrected chi connectivity index (χ3v) is 14.1. The minimum Gasteiger partial charge on any atom is -0.414 e. The molecular weight excluding hydrogens is 504 g/mol. The molecule has 0 unspecified atom stereocenters. The van der Waals surface area contributed by atoms with Crippen molar-refractivity contribution in [3.8, 4) is 0 Å². The van der Waals surface area contributed by atoms with Gasteiger partial charge in [0.15, 0.2) is 14.1 Å². The number of rotatable bonds is 6. The molecule has 1 aliphatic heterocycles. The lowest BCUT2D eigenvalue weighted by Crippen LogP contribution is -2.56. The molecular formula is C31H46N4O3Si. The number of amides is 2. The number of imidazole rings is 1. The number of hydrogen-bond donors (Lipinski definition) is 0. The fraction of sp³-hybridized carbons (Fsp3) is 0.645. The van der Waals surface area contributed by atoms with Crippen LogP contribution in [0.1, 0.15) is 93.9 Å². The molecule has 8 heteroatoms. The molecule has 1 aromatic carbocycles. The van der Waals surface area contributed by atoms with Gasteiger partial charge in [0.2, 0.25) is 5.91 Å². The van der Waals surface area contributed by atoms with Gasteiger partial charge < -0.3 is 18.8 Å². The van der Waals surface area contributed by atoms with Gasteiger partial charge in [-0.3, -0.25) is 9.59 Å². The number of aromatic nitrogens is 2. The largest absolute Gasteiger partial charge is 0.414 e. The van der Waals surface area contributed by atoms with Gasteiger partial charge in [0.1, 0.15) is 6.54 Å². The van der Waals surface area contributed by atoms with E-state index in [0.717, 1.165) is 47.9 Å². The number of carbonyl (C=O) groups is 2. The summed E-state index contributed by atoms with van der Waals surface area (Å²) < 4.78 is 8.55. The Balaban J connectivity index is 1.24. The Morgan fingerprint density at radius 3 is 2.31 bits per heavy atom. The first-order valence-corrected chi connectivity index (χ1v) is 17.6. The highest BCUT2D eigenvalue weighted by Crippen LogP contribution is 2.43. The molecule has 2 aliphatic carbocycles. The van der Waals surface area contributed by atoms with E-state index in [1.54, 1.807) is 4.90 Å². The van der Waals surface area contributed by atoms with E-state index in [0.29, 0.717) is 30.9 Å². The highest BCUT2D eigenvalue weighted by Gasteiger charge is 2.41. The fourth-order valence-electron chi connectivity index (χ4n) is 5.93. The molecule has 212 valence electrons. The summed E-state index contributed by atoms with van der Waals surface area (Å²) in [6, 6.07) is 4.61. The number of nitrogens with zero attached hydrogens (tertiary/aromatic N) is 4. The van der Waals surface area contributed by atoms with Gasteiger partial charge in [-0.05, 0) is 92.8 Å². The highest BCUT2D eigenvalue weighted by molar-refractivity contribution is 6.74. The van der Waals surface area contributed by atoms with Crippen molar-refractivity contribution < 1.29 is 14.0 Å². The Morgan fingerprint density at radius 1 is 1.08 bits per heavy atom. The van der Waals surface area contributed by atoms with Crippen LogP contribution in [0, 0.1) is 0 Å². The van der Waals surface area contributed by atoms with E-state index < -0.39 is 8.32 Å². The van der Waals surface area contributed by atoms with E-state index in [4.69, 9.17) is 9.41 Å². The van der Waals surface area contributed by atoms with Crippen LogP contribution in [0.3, 0.4) is 0 Å². The van der Waals surface area contributed by atoms with Crippen LogP contribution in [0.15, 0.2) is 18.7 Å². The molecule has 0 radical (unpaired) electrons. The summed E-state index contributed by atoms with van der Waals surface area (Å²) in [5, 5.41) is 0.202. The Bertz CT molecular complexity index is 1300. The van der Waals surface area contributed by atoms with Gasteiger partial charge in [-0.25, -0.2) is 4.98 Å². The first-order chi connectivity index (χ1) is 18.3. The highest BCUT2D eigenvalue weighted by atomic mass is 28.4. The molecule has 2 amide bonds. The van der Waals surface area contributed by atoms with E-state index in [2.05, 4.69) is 52.6 Å². The molecule has 2 aromatic rings. The third-order valence-electron chi connectivity index (χ3n) is 9.61. The standard InChI is InChI=1S/C31H46N4O3Si/c1-20(2)25-17-22(21-9-10-21)18-26-28(25)32-29(33(26)6)30(37)34-15-16-35(27(36)19-34)23-11-13-24(14-12-23)38-39(7,8)31(3,4)5/h17-18,21,23-24H,1,9-16,19H2,2-8H3/t23-,24-. The second kappa shape index (κ2) is 10.2. The second-order valence-electron chi connectivity index (χ2n) is 13.6. The van der Waals surface area contributed by atoms with Crippen molar-refractivity contribution in [2.75, 3.05) is 19.6 Å². The zero-order chi connectivity index (χ0) is 28.3. The van der Waals surface area contributed by atoms with Crippen LogP contribution in [-0.2, 0) is 16.3 Å². The van der Waals surface area contributed by atoms with Crippen molar-refractivity contribution in [2.45, 2.75) is 102 Å². The van der Waals surface area contributed by atoms with Crippen LogP contribution in [0.5, 0.6) is 0 Å². The predicted molar refractivity (Wildman–Crippen MR) is 159 cm³/mol. The molecule has 7 nitrogen and oxygen atoms in total. The summed E-state index contributed by atoms with van der Waals surface area (Å²) in [6.45, 7) is 18.9. The Kier molecular flexibility index (Phi) is 7.33. The number of benzene rings is 1. The van der Waals surface area contributed by atoms with Gasteiger partial charge >= 0.3 is 0 Å². The average Bonchev–Trinajstić information content (AvgIpc) is 3.66. The van der Waals surface area contributed by atoms with Gasteiger partial charge in [0.05, 0.1) is 11.0 Å². The van der Waals surface area contributed by atoms with E-state index in [1.807, 2.05) is 23.4 Å². The molecule has 0 N–H and O–H groups in total. The van der Waals surface area contributed by atoms with Gasteiger partial charge in [0, 0.05) is 37.8 Å². The van der Waals surface area contributed by atoms with Crippen LogP contribution in [0.4, 0.5) is 0 Å². The third kappa shape index (κ3) is 5.47. The summed E-state index contributed by atoms with van der Waals surface area (Å²) in [7, 11) is 0.115. The molecule has 2 saturated carbocycles. The molecule has 1 aromatic heterocycles. The Hall–Kier alpha value is -2.45. The van der Waals surface area contributed by atoms with Gasteiger partial charge in [-0.1, -0.05) is 27.4 Å². The van der Waals surface area contributed by atoms with Crippen molar-refractivity contribution in [3.05, 3.63) is 35.7 Å². The Morgan fingerprint density at radius 2 is 1.74 bits per heavy atom. The smallest absolute Gasteiger partial charge is 0.290 e. The number of hydrogen-bond acceptors (Lipinski definition) is 4. The minimum absolute atomic E-state index is 0.0424. The summed E-state index contributed by atoms with van der Waals surface area (Å²) in [4.78, 5) is 35.4. The van der Waals surface area contributed by atoms with Gasteiger partial charge in [-0.2, -0.15) is 0 Å². The van der Waals surface area contributed by atoms with E-state index >= 15 is 0 Å². The van der Waals surface area contributed by atoms with Crippen molar-refractivity contribution >= 4 is 36.7 Å². The molecule has 0 spiro atoms. The number of carbonyl (C=O) groups excluding carboxylic acids is 2. The van der Waals surface area contributed by atoms with Crippen molar-refractivity contribution in [1.82, 2.24) is 19.4 Å². The van der Waals surface area contributed by atoms with E-state index in [-0.39, 0.29) is 29.4 Å². The lowest BCUT2D eigenvalue weighted by atomic mass is 9.91. The maximum absolute atomic E-state index is 13.6. The van der Waals surface area contributed by atoms with Crippen LogP contribution in [-0.4, -0.2) is 71.3 Å². The minimum atomic E-state index is -1.79. The molecule has 5 rings (SSSR count). The van der Waals surface area contributed by atoms with E-state index in [1.165, 1.54) is 18.4 Å². The Labute approximate surface area is 234 Å². The van der Waals surface area contributed by atoms with Crippen molar-refractivity contribution in [1.29, 1.82) is 0 Å². The molecule has 3 fully saturated rings. The molecule has 0 atom stereocenters. The monoisotopic (exact) mass is 550 g/mol. The lowest BCUT2D eigenvalue weighted by molar-refractivity contribution is -0.138. The molecule has 39 heavy (non-hydrogen) atoms. The average molecular weight is 551 g/mol. The van der Waals surface area contributed by atoms with Crippen LogP contribution in [0.2, 0.25) is 18.1 Å². The van der Waals surface area contributed by atoms with Gasteiger partial charge in [0.25, 0.3) is 5.91 Å². The maximum atomic E-state index is 13.6. The SMILES string of the molecule is C=C(C)c1cc(C2CC2)cc2c1nc(C(=O)N1CCN([C@H]3CC[C@H](O[Si](C)(C)C(C)(C)C)CC3)C(=O)C1)n2C. The molecule has 3 aliphatic rings. The molecule has 2 heterocycles.